The summed E-state index contributed by atoms with van der Waals surface area (Å²) in [4.78, 5) is 2.31. The van der Waals surface area contributed by atoms with Gasteiger partial charge in [0.2, 0.25) is 0 Å². The number of anilines is 1. The van der Waals surface area contributed by atoms with Crippen LogP contribution in [0, 0.1) is 0 Å². The monoisotopic (exact) mass is 166 g/mol. The van der Waals surface area contributed by atoms with E-state index in [2.05, 4.69) is 27.3 Å². The van der Waals surface area contributed by atoms with Crippen molar-refractivity contribution in [2.45, 2.75) is 13.0 Å². The van der Waals surface area contributed by atoms with Gasteiger partial charge in [0.15, 0.2) is 5.82 Å². The zero-order valence-corrected chi connectivity index (χ0v) is 7.25. The molecule has 0 spiro atoms. The topological polar surface area (TPSA) is 44.0 Å². The molecule has 2 N–H and O–H groups in total. The van der Waals surface area contributed by atoms with Crippen molar-refractivity contribution in [3.8, 4) is 0 Å². The van der Waals surface area contributed by atoms with Crippen LogP contribution in [0.15, 0.2) is 12.3 Å². The van der Waals surface area contributed by atoms with Gasteiger partial charge in [-0.3, -0.25) is 5.10 Å². The number of nitrogens with zero attached hydrogens (tertiary/aromatic N) is 2. The molecule has 0 unspecified atom stereocenters. The van der Waals surface area contributed by atoms with E-state index in [1.54, 1.807) is 0 Å². The molecule has 1 fully saturated rings. The number of hydrogen-bond donors (Lipinski definition) is 2. The molecule has 66 valence electrons. The molecule has 0 aliphatic carbocycles. The first-order valence-corrected chi connectivity index (χ1v) is 4.35. The highest BCUT2D eigenvalue weighted by Gasteiger charge is 2.18. The Hall–Kier alpha value is -1.03. The van der Waals surface area contributed by atoms with Gasteiger partial charge in [-0.15, -0.1) is 0 Å². The summed E-state index contributed by atoms with van der Waals surface area (Å²) < 4.78 is 0. The lowest BCUT2D eigenvalue weighted by molar-refractivity contribution is 0.497. The summed E-state index contributed by atoms with van der Waals surface area (Å²) in [5.74, 6) is 1.06. The van der Waals surface area contributed by atoms with Crippen molar-refractivity contribution in [1.82, 2.24) is 15.5 Å². The van der Waals surface area contributed by atoms with E-state index < -0.39 is 0 Å². The van der Waals surface area contributed by atoms with Gasteiger partial charge < -0.3 is 10.2 Å². The van der Waals surface area contributed by atoms with Gasteiger partial charge in [0.05, 0.1) is 0 Å². The molecule has 0 bridgehead atoms. The number of hydrogen-bond acceptors (Lipinski definition) is 3. The summed E-state index contributed by atoms with van der Waals surface area (Å²) in [6, 6.07) is 2.56. The Morgan fingerprint density at radius 1 is 1.67 bits per heavy atom. The minimum absolute atomic E-state index is 0.544. The molecule has 4 nitrogen and oxygen atoms in total. The van der Waals surface area contributed by atoms with E-state index >= 15 is 0 Å². The molecule has 0 aromatic carbocycles. The minimum Gasteiger partial charge on any atom is -0.350 e. The molecule has 4 heteroatoms. The molecule has 0 saturated carbocycles. The minimum atomic E-state index is 0.544. The summed E-state index contributed by atoms with van der Waals surface area (Å²) in [6.07, 6.45) is 1.87. The molecule has 12 heavy (non-hydrogen) atoms. The Balaban J connectivity index is 2.11. The number of piperazine rings is 1. The maximum atomic E-state index is 4.16. The van der Waals surface area contributed by atoms with Gasteiger partial charge in [-0.1, -0.05) is 0 Å². The van der Waals surface area contributed by atoms with Gasteiger partial charge in [-0.25, -0.2) is 0 Å². The van der Waals surface area contributed by atoms with Crippen molar-refractivity contribution in [2.24, 2.45) is 0 Å². The van der Waals surface area contributed by atoms with E-state index in [1.165, 1.54) is 0 Å². The summed E-state index contributed by atoms with van der Waals surface area (Å²) in [7, 11) is 0. The van der Waals surface area contributed by atoms with Gasteiger partial charge in [-0.05, 0) is 6.92 Å². The molecule has 1 aromatic rings. The van der Waals surface area contributed by atoms with Crippen LogP contribution in [0.25, 0.3) is 0 Å². The van der Waals surface area contributed by atoms with Gasteiger partial charge >= 0.3 is 0 Å². The highest BCUT2D eigenvalue weighted by molar-refractivity contribution is 5.38. The predicted octanol–water partition coefficient (Wildman–Crippen LogP) is 0.208. The zero-order valence-electron chi connectivity index (χ0n) is 7.25. The predicted molar refractivity (Wildman–Crippen MR) is 48.3 cm³/mol. The Labute approximate surface area is 72.0 Å². The highest BCUT2D eigenvalue weighted by atomic mass is 15.3. The van der Waals surface area contributed by atoms with Crippen molar-refractivity contribution in [1.29, 1.82) is 0 Å². The third-order valence-electron chi connectivity index (χ3n) is 2.28. The first kappa shape index (κ1) is 7.61. The van der Waals surface area contributed by atoms with Crippen LogP contribution in [0.2, 0.25) is 0 Å². The average molecular weight is 166 g/mol. The molecule has 0 radical (unpaired) electrons. The average Bonchev–Trinajstić information content (AvgIpc) is 2.57. The second-order valence-electron chi connectivity index (χ2n) is 3.18. The van der Waals surface area contributed by atoms with Crippen LogP contribution in [0.3, 0.4) is 0 Å². The quantitative estimate of drug-likeness (QED) is 0.626. The molecule has 1 aliphatic heterocycles. The van der Waals surface area contributed by atoms with Crippen molar-refractivity contribution >= 4 is 5.82 Å². The Morgan fingerprint density at radius 2 is 2.58 bits per heavy atom. The Bertz CT molecular complexity index is 231. The van der Waals surface area contributed by atoms with E-state index in [1.807, 2.05) is 12.3 Å². The largest absolute Gasteiger partial charge is 0.350 e. The summed E-state index contributed by atoms with van der Waals surface area (Å²) >= 11 is 0. The molecule has 0 amide bonds. The van der Waals surface area contributed by atoms with Crippen molar-refractivity contribution < 1.29 is 0 Å². The summed E-state index contributed by atoms with van der Waals surface area (Å²) in [5.41, 5.74) is 0. The van der Waals surface area contributed by atoms with Crippen LogP contribution in [-0.4, -0.2) is 35.9 Å². The lowest BCUT2D eigenvalue weighted by Gasteiger charge is -2.33. The van der Waals surface area contributed by atoms with Crippen molar-refractivity contribution in [2.75, 3.05) is 24.5 Å². The molecule has 1 atom stereocenters. The van der Waals surface area contributed by atoms with Gasteiger partial charge in [-0.2, -0.15) is 5.10 Å². The number of aromatic amines is 1. The van der Waals surface area contributed by atoms with Gasteiger partial charge in [0.1, 0.15) is 0 Å². The van der Waals surface area contributed by atoms with Crippen LogP contribution in [0.4, 0.5) is 5.82 Å². The smallest absolute Gasteiger partial charge is 0.150 e. The van der Waals surface area contributed by atoms with E-state index in [4.69, 9.17) is 0 Å². The van der Waals surface area contributed by atoms with Crippen LogP contribution < -0.4 is 10.2 Å². The SMILES string of the molecule is C[C@H]1CNCCN1c1cc[nH]n1. The van der Waals surface area contributed by atoms with Crippen LogP contribution >= 0.6 is 0 Å². The van der Waals surface area contributed by atoms with Gasteiger partial charge in [0, 0.05) is 37.9 Å². The Morgan fingerprint density at radius 3 is 3.25 bits per heavy atom. The fourth-order valence-electron chi connectivity index (χ4n) is 1.59. The first-order chi connectivity index (χ1) is 5.88. The molecule has 1 aromatic heterocycles. The van der Waals surface area contributed by atoms with Crippen LogP contribution in [0.5, 0.6) is 0 Å². The third-order valence-corrected chi connectivity index (χ3v) is 2.28. The van der Waals surface area contributed by atoms with Crippen molar-refractivity contribution in [3.63, 3.8) is 0 Å². The molecule has 2 heterocycles. The summed E-state index contributed by atoms with van der Waals surface area (Å²) in [5, 5.41) is 10.3. The second-order valence-corrected chi connectivity index (χ2v) is 3.18. The standard InChI is InChI=1S/C8H14N4/c1-7-6-9-4-5-12(7)8-2-3-10-11-8/h2-3,7,9H,4-6H2,1H3,(H,10,11)/t7-/m0/s1. The lowest BCUT2D eigenvalue weighted by atomic mass is 10.2. The Kier molecular flexibility index (Phi) is 1.99. The number of nitrogens with one attached hydrogen (secondary N) is 2. The molecule has 2 rings (SSSR count). The number of rotatable bonds is 1. The highest BCUT2D eigenvalue weighted by Crippen LogP contribution is 2.13. The molecule has 1 aliphatic rings. The van der Waals surface area contributed by atoms with E-state index in [0.29, 0.717) is 6.04 Å². The van der Waals surface area contributed by atoms with E-state index in [0.717, 1.165) is 25.5 Å². The molecular weight excluding hydrogens is 152 g/mol. The van der Waals surface area contributed by atoms with Crippen LogP contribution in [0.1, 0.15) is 6.92 Å². The maximum Gasteiger partial charge on any atom is 0.150 e. The number of aromatic nitrogens is 2. The van der Waals surface area contributed by atoms with Crippen molar-refractivity contribution in [3.05, 3.63) is 12.3 Å². The van der Waals surface area contributed by atoms with Crippen LogP contribution in [-0.2, 0) is 0 Å². The lowest BCUT2D eigenvalue weighted by Crippen LogP contribution is -2.50. The molecule has 1 saturated heterocycles. The third kappa shape index (κ3) is 1.30. The van der Waals surface area contributed by atoms with E-state index in [-0.39, 0.29) is 0 Å². The number of H-pyrrole nitrogens is 1. The molecular formula is C8H14N4. The van der Waals surface area contributed by atoms with Gasteiger partial charge in [0.25, 0.3) is 0 Å². The maximum absolute atomic E-state index is 4.16. The normalized spacial score (nSPS) is 24.4. The van der Waals surface area contributed by atoms with E-state index in [9.17, 15) is 0 Å². The zero-order chi connectivity index (χ0) is 8.39. The fourth-order valence-corrected chi connectivity index (χ4v) is 1.59. The summed E-state index contributed by atoms with van der Waals surface area (Å²) in [6.45, 7) is 5.36. The second kappa shape index (κ2) is 3.15. The first-order valence-electron chi connectivity index (χ1n) is 4.35. The fraction of sp³-hybridized carbons (Fsp3) is 0.625.